The first-order valence-electron chi connectivity index (χ1n) is 7.23. The number of hydrogen-bond acceptors (Lipinski definition) is 3. The summed E-state index contributed by atoms with van der Waals surface area (Å²) in [6, 6.07) is 14.2. The molecule has 1 aromatic carbocycles. The van der Waals surface area contributed by atoms with Gasteiger partial charge >= 0.3 is 0 Å². The third-order valence-corrected chi connectivity index (χ3v) is 3.01. The summed E-state index contributed by atoms with van der Waals surface area (Å²) in [6.07, 6.45) is 2.29. The summed E-state index contributed by atoms with van der Waals surface area (Å²) in [5.74, 6) is 1.78. The van der Waals surface area contributed by atoms with Gasteiger partial charge in [0.05, 0.1) is 5.69 Å². The van der Waals surface area contributed by atoms with E-state index in [1.165, 1.54) is 12.0 Å². The highest BCUT2D eigenvalue weighted by atomic mass is 16.5. The zero-order valence-corrected chi connectivity index (χ0v) is 12.2. The summed E-state index contributed by atoms with van der Waals surface area (Å²) in [5.41, 5.74) is 2.29. The summed E-state index contributed by atoms with van der Waals surface area (Å²) in [6.45, 7) is 5.61. The van der Waals surface area contributed by atoms with E-state index in [-0.39, 0.29) is 0 Å². The molecule has 106 valence electrons. The fourth-order valence-corrected chi connectivity index (χ4v) is 2.04. The largest absolute Gasteiger partial charge is 0.487 e. The maximum Gasteiger partial charge on any atom is 0.130 e. The lowest BCUT2D eigenvalue weighted by Crippen LogP contribution is -2.03. The standard InChI is InChI=1S/C17H22N2O/c1-3-6-14-9-11-16(12-10-14)20-13-15-7-5-8-17(19-15)18-4-2/h5,7-12H,3-4,6,13H2,1-2H3,(H,18,19). The van der Waals surface area contributed by atoms with Crippen molar-refractivity contribution < 1.29 is 4.74 Å². The molecule has 0 unspecified atom stereocenters. The Morgan fingerprint density at radius 2 is 1.85 bits per heavy atom. The van der Waals surface area contributed by atoms with E-state index in [4.69, 9.17) is 4.74 Å². The molecule has 2 rings (SSSR count). The molecule has 0 aliphatic rings. The van der Waals surface area contributed by atoms with Gasteiger partial charge in [-0.3, -0.25) is 0 Å². The summed E-state index contributed by atoms with van der Waals surface area (Å²) in [7, 11) is 0. The van der Waals surface area contributed by atoms with Crippen molar-refractivity contribution in [2.75, 3.05) is 11.9 Å². The molecule has 0 aliphatic carbocycles. The monoisotopic (exact) mass is 270 g/mol. The van der Waals surface area contributed by atoms with E-state index in [2.05, 4.69) is 36.3 Å². The van der Waals surface area contributed by atoms with Crippen LogP contribution in [0.5, 0.6) is 5.75 Å². The SMILES string of the molecule is CCCc1ccc(OCc2cccc(NCC)n2)cc1. The first-order chi connectivity index (χ1) is 9.81. The van der Waals surface area contributed by atoms with Gasteiger partial charge in [-0.2, -0.15) is 0 Å². The van der Waals surface area contributed by atoms with Crippen LogP contribution in [0.3, 0.4) is 0 Å². The average molecular weight is 270 g/mol. The smallest absolute Gasteiger partial charge is 0.130 e. The van der Waals surface area contributed by atoms with Crippen molar-refractivity contribution in [1.82, 2.24) is 4.98 Å². The summed E-state index contributed by atoms with van der Waals surface area (Å²) in [4.78, 5) is 4.49. The normalized spacial score (nSPS) is 10.3. The molecular formula is C17H22N2O. The van der Waals surface area contributed by atoms with Crippen LogP contribution in [0.1, 0.15) is 31.5 Å². The minimum Gasteiger partial charge on any atom is -0.487 e. The highest BCUT2D eigenvalue weighted by Crippen LogP contribution is 2.15. The highest BCUT2D eigenvalue weighted by molar-refractivity contribution is 5.35. The van der Waals surface area contributed by atoms with Gasteiger partial charge in [0, 0.05) is 6.54 Å². The molecule has 0 spiro atoms. The molecule has 2 aromatic rings. The number of benzene rings is 1. The molecule has 3 nitrogen and oxygen atoms in total. The lowest BCUT2D eigenvalue weighted by atomic mass is 10.1. The van der Waals surface area contributed by atoms with Crippen molar-refractivity contribution in [2.24, 2.45) is 0 Å². The number of pyridine rings is 1. The molecule has 0 bridgehead atoms. The molecule has 0 radical (unpaired) electrons. The fraction of sp³-hybridized carbons (Fsp3) is 0.353. The van der Waals surface area contributed by atoms with Crippen LogP contribution in [-0.4, -0.2) is 11.5 Å². The number of rotatable bonds is 7. The number of aryl methyl sites for hydroxylation is 1. The quantitative estimate of drug-likeness (QED) is 0.824. The second kappa shape index (κ2) is 7.53. The van der Waals surface area contributed by atoms with Gasteiger partial charge in [-0.05, 0) is 43.2 Å². The van der Waals surface area contributed by atoms with E-state index < -0.39 is 0 Å². The first kappa shape index (κ1) is 14.4. The van der Waals surface area contributed by atoms with Gasteiger partial charge in [-0.1, -0.05) is 31.5 Å². The van der Waals surface area contributed by atoms with Crippen molar-refractivity contribution in [3.63, 3.8) is 0 Å². The molecule has 1 heterocycles. The number of hydrogen-bond donors (Lipinski definition) is 1. The molecule has 3 heteroatoms. The summed E-state index contributed by atoms with van der Waals surface area (Å²) >= 11 is 0. The Bertz CT molecular complexity index is 523. The van der Waals surface area contributed by atoms with E-state index in [1.54, 1.807) is 0 Å². The summed E-state index contributed by atoms with van der Waals surface area (Å²) < 4.78 is 5.77. The molecule has 0 saturated heterocycles. The van der Waals surface area contributed by atoms with E-state index in [0.29, 0.717) is 6.61 Å². The van der Waals surface area contributed by atoms with Crippen molar-refractivity contribution >= 4 is 5.82 Å². The Morgan fingerprint density at radius 1 is 1.05 bits per heavy atom. The molecule has 1 N–H and O–H groups in total. The Hall–Kier alpha value is -2.03. The molecule has 1 aromatic heterocycles. The zero-order chi connectivity index (χ0) is 14.2. The van der Waals surface area contributed by atoms with Gasteiger partial charge < -0.3 is 10.1 Å². The van der Waals surface area contributed by atoms with Gasteiger partial charge in [0.1, 0.15) is 18.2 Å². The average Bonchev–Trinajstić information content (AvgIpc) is 2.48. The van der Waals surface area contributed by atoms with E-state index in [1.807, 2.05) is 30.3 Å². The number of ether oxygens (including phenoxy) is 1. The first-order valence-corrected chi connectivity index (χ1v) is 7.23. The zero-order valence-electron chi connectivity index (χ0n) is 12.2. The van der Waals surface area contributed by atoms with E-state index >= 15 is 0 Å². The van der Waals surface area contributed by atoms with Crippen molar-refractivity contribution in [3.05, 3.63) is 53.7 Å². The summed E-state index contributed by atoms with van der Waals surface area (Å²) in [5, 5.41) is 3.20. The van der Waals surface area contributed by atoms with Crippen LogP contribution in [0.2, 0.25) is 0 Å². The molecular weight excluding hydrogens is 248 g/mol. The van der Waals surface area contributed by atoms with Crippen LogP contribution in [0, 0.1) is 0 Å². The van der Waals surface area contributed by atoms with Gasteiger partial charge in [-0.25, -0.2) is 4.98 Å². The number of aromatic nitrogens is 1. The van der Waals surface area contributed by atoms with Crippen LogP contribution < -0.4 is 10.1 Å². The van der Waals surface area contributed by atoms with Crippen LogP contribution >= 0.6 is 0 Å². The van der Waals surface area contributed by atoms with Crippen molar-refractivity contribution in [3.8, 4) is 5.75 Å². The topological polar surface area (TPSA) is 34.1 Å². The van der Waals surface area contributed by atoms with Crippen LogP contribution in [-0.2, 0) is 13.0 Å². The van der Waals surface area contributed by atoms with Crippen molar-refractivity contribution in [2.45, 2.75) is 33.3 Å². The predicted molar refractivity (Wildman–Crippen MR) is 83.2 cm³/mol. The van der Waals surface area contributed by atoms with Gasteiger partial charge in [-0.15, -0.1) is 0 Å². The molecule has 0 aliphatic heterocycles. The number of nitrogens with one attached hydrogen (secondary N) is 1. The van der Waals surface area contributed by atoms with E-state index in [0.717, 1.165) is 30.2 Å². The minimum absolute atomic E-state index is 0.492. The fourth-order valence-electron chi connectivity index (χ4n) is 2.04. The van der Waals surface area contributed by atoms with Gasteiger partial charge in [0.25, 0.3) is 0 Å². The predicted octanol–water partition coefficient (Wildman–Crippen LogP) is 4.04. The number of nitrogens with zero attached hydrogens (tertiary/aromatic N) is 1. The highest BCUT2D eigenvalue weighted by Gasteiger charge is 1.99. The Labute approximate surface area is 121 Å². The van der Waals surface area contributed by atoms with Gasteiger partial charge in [0.2, 0.25) is 0 Å². The van der Waals surface area contributed by atoms with Crippen LogP contribution in [0.15, 0.2) is 42.5 Å². The van der Waals surface area contributed by atoms with E-state index in [9.17, 15) is 0 Å². The minimum atomic E-state index is 0.492. The Balaban J connectivity index is 1.92. The molecule has 0 atom stereocenters. The third kappa shape index (κ3) is 4.26. The molecule has 20 heavy (non-hydrogen) atoms. The maximum atomic E-state index is 5.77. The Kier molecular flexibility index (Phi) is 5.42. The number of anilines is 1. The van der Waals surface area contributed by atoms with Crippen LogP contribution in [0.4, 0.5) is 5.82 Å². The molecule has 0 fully saturated rings. The molecule has 0 amide bonds. The maximum absolute atomic E-state index is 5.77. The van der Waals surface area contributed by atoms with Crippen LogP contribution in [0.25, 0.3) is 0 Å². The lowest BCUT2D eigenvalue weighted by Gasteiger charge is -2.08. The van der Waals surface area contributed by atoms with Gasteiger partial charge in [0.15, 0.2) is 0 Å². The second-order valence-electron chi connectivity index (χ2n) is 4.73. The van der Waals surface area contributed by atoms with Crippen molar-refractivity contribution in [1.29, 1.82) is 0 Å². The second-order valence-corrected chi connectivity index (χ2v) is 4.73. The molecule has 0 saturated carbocycles. The lowest BCUT2D eigenvalue weighted by molar-refractivity contribution is 0.301. The third-order valence-electron chi connectivity index (χ3n) is 3.01. The Morgan fingerprint density at radius 3 is 2.55 bits per heavy atom.